The number of hydrogen-bond acceptors (Lipinski definition) is 8. The van der Waals surface area contributed by atoms with E-state index < -0.39 is 0 Å². The molecular formula is C27H43N3O4S. The smallest absolute Gasteiger partial charge is 0.0637 e. The van der Waals surface area contributed by atoms with Crippen molar-refractivity contribution in [1.82, 2.24) is 4.90 Å². The molecule has 1 aromatic carbocycles. The third kappa shape index (κ3) is 7.40. The fourth-order valence-corrected chi connectivity index (χ4v) is 5.74. The zero-order valence-electron chi connectivity index (χ0n) is 22.2. The van der Waals surface area contributed by atoms with E-state index in [-0.39, 0.29) is 6.04 Å². The molecule has 1 aliphatic heterocycles. The molecule has 0 radical (unpaired) electrons. The van der Waals surface area contributed by atoms with Crippen LogP contribution in [0.3, 0.4) is 0 Å². The van der Waals surface area contributed by atoms with Crippen molar-refractivity contribution in [2.24, 2.45) is 0 Å². The van der Waals surface area contributed by atoms with Gasteiger partial charge in [-0.15, -0.1) is 11.8 Å². The minimum Gasteiger partial charge on any atom is -0.383 e. The number of hydrogen-bond donors (Lipinski definition) is 1. The maximum absolute atomic E-state index is 5.39. The minimum atomic E-state index is 0.268. The molecule has 1 aliphatic carbocycles. The molecule has 196 valence electrons. The Balaban J connectivity index is 1.90. The van der Waals surface area contributed by atoms with Gasteiger partial charge in [0.15, 0.2) is 0 Å². The van der Waals surface area contributed by atoms with E-state index in [4.69, 9.17) is 18.9 Å². The summed E-state index contributed by atoms with van der Waals surface area (Å²) in [7, 11) is 7.01. The molecule has 1 heterocycles. The topological polar surface area (TPSA) is 55.4 Å². The van der Waals surface area contributed by atoms with Gasteiger partial charge < -0.3 is 34.1 Å². The third-order valence-corrected chi connectivity index (χ3v) is 7.75. The summed E-state index contributed by atoms with van der Waals surface area (Å²) in [4.78, 5) is 6.02. The van der Waals surface area contributed by atoms with Crippen molar-refractivity contribution in [3.05, 3.63) is 41.6 Å². The fraction of sp³-hybridized carbons (Fsp3) is 0.630. The predicted octanol–water partition coefficient (Wildman–Crippen LogP) is 4.21. The Morgan fingerprint density at radius 1 is 0.857 bits per heavy atom. The molecule has 0 amide bonds. The Morgan fingerprint density at radius 3 is 1.97 bits per heavy atom. The molecule has 0 fully saturated rings. The van der Waals surface area contributed by atoms with Gasteiger partial charge in [-0.3, -0.25) is 0 Å². The van der Waals surface area contributed by atoms with Crippen LogP contribution in [-0.4, -0.2) is 97.2 Å². The zero-order valence-corrected chi connectivity index (χ0v) is 23.0. The van der Waals surface area contributed by atoms with Crippen LogP contribution in [0.4, 0.5) is 11.4 Å². The Morgan fingerprint density at radius 2 is 1.43 bits per heavy atom. The Hall–Kier alpha value is -1.71. The zero-order chi connectivity index (χ0) is 25.2. The monoisotopic (exact) mass is 505 g/mol. The second-order valence-electron chi connectivity index (χ2n) is 9.21. The van der Waals surface area contributed by atoms with Crippen LogP contribution in [0.1, 0.15) is 25.3 Å². The standard InChI is InChI=1S/C27H43N3O4S/c1-20(2)23-17-22(30(11-15-33-5)12-16-34-6)19-26-27(23)28-24-8-7-21(18-25(24)35-26)29(9-13-31-3)10-14-32-4/h7-8,17-20,24-25,28H,9-16H2,1-6H3. The molecule has 1 aromatic rings. The highest BCUT2D eigenvalue weighted by molar-refractivity contribution is 8.00. The van der Waals surface area contributed by atoms with E-state index in [1.54, 1.807) is 28.4 Å². The molecule has 0 saturated heterocycles. The van der Waals surface area contributed by atoms with Crippen molar-refractivity contribution in [1.29, 1.82) is 0 Å². The second kappa shape index (κ2) is 14.1. The number of nitrogens with one attached hydrogen (secondary N) is 1. The van der Waals surface area contributed by atoms with Crippen molar-refractivity contribution >= 4 is 23.1 Å². The molecule has 0 saturated carbocycles. The molecule has 1 N–H and O–H groups in total. The van der Waals surface area contributed by atoms with Crippen molar-refractivity contribution < 1.29 is 18.9 Å². The Kier molecular flexibility index (Phi) is 11.3. The molecule has 7 nitrogen and oxygen atoms in total. The third-order valence-electron chi connectivity index (χ3n) is 6.47. The molecule has 2 aliphatic rings. The summed E-state index contributed by atoms with van der Waals surface area (Å²) in [5.41, 5.74) is 5.09. The summed E-state index contributed by atoms with van der Waals surface area (Å²) in [6, 6.07) is 4.94. The first-order valence-electron chi connectivity index (χ1n) is 12.5. The number of ether oxygens (including phenoxy) is 4. The van der Waals surface area contributed by atoms with Gasteiger partial charge in [-0.1, -0.05) is 19.9 Å². The first-order chi connectivity index (χ1) is 17.0. The van der Waals surface area contributed by atoms with E-state index in [0.29, 0.717) is 37.6 Å². The van der Waals surface area contributed by atoms with Gasteiger partial charge in [-0.25, -0.2) is 0 Å². The number of thioether (sulfide) groups is 1. The highest BCUT2D eigenvalue weighted by Crippen LogP contribution is 2.46. The lowest BCUT2D eigenvalue weighted by molar-refractivity contribution is 0.133. The fourth-order valence-electron chi connectivity index (χ4n) is 4.45. The SMILES string of the molecule is COCCN(CCOC)C1=CC2Sc3cc(N(CCOC)CCOC)cc(C(C)C)c3NC2C=C1. The lowest BCUT2D eigenvalue weighted by Gasteiger charge is -2.38. The van der Waals surface area contributed by atoms with Crippen molar-refractivity contribution in [2.75, 3.05) is 91.3 Å². The van der Waals surface area contributed by atoms with Crippen LogP contribution in [0.2, 0.25) is 0 Å². The number of methoxy groups -OCH3 is 4. The number of allylic oxidation sites excluding steroid dienone is 1. The minimum absolute atomic E-state index is 0.268. The van der Waals surface area contributed by atoms with Crippen LogP contribution >= 0.6 is 11.8 Å². The molecule has 0 aromatic heterocycles. The van der Waals surface area contributed by atoms with Crippen LogP contribution in [0.15, 0.2) is 41.0 Å². The lowest BCUT2D eigenvalue weighted by atomic mass is 9.97. The van der Waals surface area contributed by atoms with Gasteiger partial charge in [-0.05, 0) is 35.8 Å². The average Bonchev–Trinajstić information content (AvgIpc) is 2.86. The van der Waals surface area contributed by atoms with E-state index in [0.717, 1.165) is 26.2 Å². The van der Waals surface area contributed by atoms with Crippen molar-refractivity contribution in [3.63, 3.8) is 0 Å². The van der Waals surface area contributed by atoms with E-state index in [1.165, 1.54) is 27.5 Å². The summed E-state index contributed by atoms with van der Waals surface area (Å²) in [5.74, 6) is 0.414. The second-order valence-corrected chi connectivity index (χ2v) is 10.4. The quantitative estimate of drug-likeness (QED) is 0.380. The van der Waals surface area contributed by atoms with Gasteiger partial charge in [0.05, 0.1) is 43.4 Å². The molecule has 2 unspecified atom stereocenters. The van der Waals surface area contributed by atoms with Crippen LogP contribution in [0, 0.1) is 0 Å². The summed E-state index contributed by atoms with van der Waals surface area (Å²) in [6.07, 6.45) is 6.95. The number of benzene rings is 1. The highest BCUT2D eigenvalue weighted by Gasteiger charge is 2.31. The summed E-state index contributed by atoms with van der Waals surface area (Å²) < 4.78 is 21.5. The summed E-state index contributed by atoms with van der Waals surface area (Å²) in [6.45, 7) is 10.6. The molecular weight excluding hydrogens is 462 g/mol. The number of anilines is 2. The van der Waals surface area contributed by atoms with Crippen LogP contribution in [0.5, 0.6) is 0 Å². The average molecular weight is 506 g/mol. The maximum atomic E-state index is 5.39. The van der Waals surface area contributed by atoms with Crippen LogP contribution < -0.4 is 10.2 Å². The van der Waals surface area contributed by atoms with E-state index in [1.807, 2.05) is 11.8 Å². The summed E-state index contributed by atoms with van der Waals surface area (Å²) in [5, 5.41) is 4.18. The predicted molar refractivity (Wildman–Crippen MR) is 146 cm³/mol. The van der Waals surface area contributed by atoms with Gasteiger partial charge in [0.2, 0.25) is 0 Å². The normalized spacial score (nSPS) is 18.7. The molecule has 35 heavy (non-hydrogen) atoms. The van der Waals surface area contributed by atoms with E-state index in [2.05, 4.69) is 59.3 Å². The summed E-state index contributed by atoms with van der Waals surface area (Å²) >= 11 is 1.95. The van der Waals surface area contributed by atoms with Gasteiger partial charge in [0.25, 0.3) is 0 Å². The van der Waals surface area contributed by atoms with Crippen LogP contribution in [0.25, 0.3) is 0 Å². The first kappa shape index (κ1) is 27.9. The van der Waals surface area contributed by atoms with Gasteiger partial charge >= 0.3 is 0 Å². The van der Waals surface area contributed by atoms with E-state index >= 15 is 0 Å². The van der Waals surface area contributed by atoms with Gasteiger partial charge in [0, 0.05) is 70.9 Å². The Bertz CT molecular complexity index is 845. The molecule has 0 spiro atoms. The Labute approximate surface area is 215 Å². The van der Waals surface area contributed by atoms with Crippen molar-refractivity contribution in [2.45, 2.75) is 36.0 Å². The van der Waals surface area contributed by atoms with E-state index in [9.17, 15) is 0 Å². The lowest BCUT2D eigenvalue weighted by Crippen LogP contribution is -2.38. The van der Waals surface area contributed by atoms with Crippen LogP contribution in [-0.2, 0) is 18.9 Å². The molecule has 8 heteroatoms. The van der Waals surface area contributed by atoms with Crippen molar-refractivity contribution in [3.8, 4) is 0 Å². The molecule has 3 rings (SSSR count). The largest absolute Gasteiger partial charge is 0.383 e. The van der Waals surface area contributed by atoms with Gasteiger partial charge in [0.1, 0.15) is 0 Å². The van der Waals surface area contributed by atoms with Gasteiger partial charge in [-0.2, -0.15) is 0 Å². The molecule has 0 bridgehead atoms. The maximum Gasteiger partial charge on any atom is 0.0637 e. The number of rotatable bonds is 15. The highest BCUT2D eigenvalue weighted by atomic mass is 32.2. The number of fused-ring (bicyclic) bond motifs is 2. The number of nitrogens with zero attached hydrogens (tertiary/aromatic N) is 2. The first-order valence-corrected chi connectivity index (χ1v) is 13.4. The molecule has 2 atom stereocenters.